The smallest absolute Gasteiger partial charge is 0.328 e. The van der Waals surface area contributed by atoms with Crippen LogP contribution in [0.4, 0.5) is 0 Å². The Hall–Kier alpha value is -2.14. The second kappa shape index (κ2) is 6.34. The molecule has 1 aromatic carbocycles. The second-order valence-electron chi connectivity index (χ2n) is 4.14. The minimum Gasteiger partial charge on any atom is -0.478 e. The van der Waals surface area contributed by atoms with E-state index in [1.54, 1.807) is 18.5 Å². The fraction of sp³-hybridized carbons (Fsp3) is 0.0667. The first-order chi connectivity index (χ1) is 9.54. The zero-order chi connectivity index (χ0) is 14.5. The summed E-state index contributed by atoms with van der Waals surface area (Å²) in [5.74, 6) is 0.289. The highest BCUT2D eigenvalue weighted by atomic mass is 79.9. The maximum atomic E-state index is 10.5. The molecule has 0 atom stereocenters. The number of nitrogens with zero attached hydrogens (tertiary/aromatic N) is 1. The van der Waals surface area contributed by atoms with Crippen LogP contribution in [0.2, 0.25) is 0 Å². The van der Waals surface area contributed by atoms with Crippen LogP contribution < -0.4 is 4.74 Å². The van der Waals surface area contributed by atoms with Crippen LogP contribution in [-0.4, -0.2) is 16.1 Å². The highest BCUT2D eigenvalue weighted by Gasteiger charge is 2.03. The number of ether oxygens (including phenoxy) is 1. The molecule has 20 heavy (non-hydrogen) atoms. The van der Waals surface area contributed by atoms with Crippen LogP contribution in [-0.2, 0) is 4.79 Å². The van der Waals surface area contributed by atoms with Crippen LogP contribution in [0.1, 0.15) is 11.1 Å². The number of pyridine rings is 1. The SMILES string of the molecule is Cc1cc(Br)ccc1Oc1cncc(/C=C/C(=O)O)c1. The molecule has 0 fully saturated rings. The molecule has 0 amide bonds. The van der Waals surface area contributed by atoms with Crippen molar-refractivity contribution in [3.8, 4) is 11.5 Å². The summed E-state index contributed by atoms with van der Waals surface area (Å²) >= 11 is 3.39. The van der Waals surface area contributed by atoms with Gasteiger partial charge in [-0.3, -0.25) is 4.98 Å². The number of carboxylic acids is 1. The zero-order valence-electron chi connectivity index (χ0n) is 10.7. The van der Waals surface area contributed by atoms with Gasteiger partial charge in [0.25, 0.3) is 0 Å². The summed E-state index contributed by atoms with van der Waals surface area (Å²) in [6.45, 7) is 1.95. The van der Waals surface area contributed by atoms with Gasteiger partial charge in [0.2, 0.25) is 0 Å². The Balaban J connectivity index is 2.21. The standard InChI is InChI=1S/C15H12BrNO3/c1-10-6-12(16)3-4-14(10)20-13-7-11(8-17-9-13)2-5-15(18)19/h2-9H,1H3,(H,18,19)/b5-2+. The molecular weight excluding hydrogens is 322 g/mol. The van der Waals surface area contributed by atoms with Crippen molar-refractivity contribution in [2.75, 3.05) is 0 Å². The normalized spacial score (nSPS) is 10.7. The van der Waals surface area contributed by atoms with Gasteiger partial charge in [0.05, 0.1) is 6.20 Å². The molecule has 1 heterocycles. The van der Waals surface area contributed by atoms with Crippen molar-refractivity contribution in [1.82, 2.24) is 4.98 Å². The van der Waals surface area contributed by atoms with Gasteiger partial charge in [-0.15, -0.1) is 0 Å². The second-order valence-corrected chi connectivity index (χ2v) is 5.05. The van der Waals surface area contributed by atoms with Gasteiger partial charge in [-0.25, -0.2) is 4.79 Å². The summed E-state index contributed by atoms with van der Waals surface area (Å²) in [5, 5.41) is 8.60. The molecular formula is C15H12BrNO3. The van der Waals surface area contributed by atoms with Crippen LogP contribution in [0.25, 0.3) is 6.08 Å². The number of hydrogen-bond acceptors (Lipinski definition) is 3. The molecule has 0 radical (unpaired) electrons. The highest BCUT2D eigenvalue weighted by Crippen LogP contribution is 2.27. The van der Waals surface area contributed by atoms with Gasteiger partial charge in [0, 0.05) is 16.7 Å². The Kier molecular flexibility index (Phi) is 4.53. The fourth-order valence-electron chi connectivity index (χ4n) is 1.60. The van der Waals surface area contributed by atoms with E-state index in [0.29, 0.717) is 11.3 Å². The first kappa shape index (κ1) is 14.3. The van der Waals surface area contributed by atoms with Gasteiger partial charge in [-0.1, -0.05) is 15.9 Å². The molecule has 1 N–H and O–H groups in total. The molecule has 102 valence electrons. The lowest BCUT2D eigenvalue weighted by Gasteiger charge is -2.09. The summed E-state index contributed by atoms with van der Waals surface area (Å²) < 4.78 is 6.73. The number of aryl methyl sites for hydroxylation is 1. The minimum absolute atomic E-state index is 0.558. The molecule has 0 aliphatic rings. The van der Waals surface area contributed by atoms with E-state index >= 15 is 0 Å². The van der Waals surface area contributed by atoms with Crippen LogP contribution in [0.15, 0.2) is 47.2 Å². The molecule has 5 heteroatoms. The lowest BCUT2D eigenvalue weighted by atomic mass is 10.2. The number of rotatable bonds is 4. The van der Waals surface area contributed by atoms with Gasteiger partial charge in [0.15, 0.2) is 0 Å². The summed E-state index contributed by atoms with van der Waals surface area (Å²) in [6, 6.07) is 7.44. The predicted molar refractivity (Wildman–Crippen MR) is 79.9 cm³/mol. The predicted octanol–water partition coefficient (Wildman–Crippen LogP) is 4.04. The molecule has 0 saturated carbocycles. The van der Waals surface area contributed by atoms with Crippen LogP contribution in [0, 0.1) is 6.92 Å². The molecule has 0 spiro atoms. The van der Waals surface area contributed by atoms with Gasteiger partial charge >= 0.3 is 5.97 Å². The van der Waals surface area contributed by atoms with E-state index in [-0.39, 0.29) is 0 Å². The third-order valence-electron chi connectivity index (χ3n) is 2.52. The third-order valence-corrected chi connectivity index (χ3v) is 3.01. The molecule has 0 aliphatic carbocycles. The van der Waals surface area contributed by atoms with E-state index < -0.39 is 5.97 Å². The highest BCUT2D eigenvalue weighted by molar-refractivity contribution is 9.10. The number of hydrogen-bond donors (Lipinski definition) is 1. The van der Waals surface area contributed by atoms with E-state index in [4.69, 9.17) is 9.84 Å². The van der Waals surface area contributed by atoms with Crippen LogP contribution >= 0.6 is 15.9 Å². The lowest BCUT2D eigenvalue weighted by molar-refractivity contribution is -0.131. The summed E-state index contributed by atoms with van der Waals surface area (Å²) in [4.78, 5) is 14.5. The first-order valence-corrected chi connectivity index (χ1v) is 6.64. The number of aromatic nitrogens is 1. The molecule has 4 nitrogen and oxygen atoms in total. The Bertz CT molecular complexity index is 668. The maximum Gasteiger partial charge on any atom is 0.328 e. The monoisotopic (exact) mass is 333 g/mol. The van der Waals surface area contributed by atoms with Crippen molar-refractivity contribution in [1.29, 1.82) is 0 Å². The van der Waals surface area contributed by atoms with E-state index in [2.05, 4.69) is 20.9 Å². The zero-order valence-corrected chi connectivity index (χ0v) is 12.3. The number of carboxylic acid groups (broad SMARTS) is 1. The topological polar surface area (TPSA) is 59.4 Å². The van der Waals surface area contributed by atoms with Gasteiger partial charge in [-0.05, 0) is 48.4 Å². The van der Waals surface area contributed by atoms with Crippen molar-refractivity contribution in [3.05, 3.63) is 58.3 Å². The largest absolute Gasteiger partial charge is 0.478 e. The molecule has 2 rings (SSSR count). The summed E-state index contributed by atoms with van der Waals surface area (Å²) in [5.41, 5.74) is 1.66. The number of carbonyl (C=O) groups is 1. The minimum atomic E-state index is -1.000. The Morgan fingerprint density at radius 1 is 1.35 bits per heavy atom. The molecule has 0 unspecified atom stereocenters. The van der Waals surface area contributed by atoms with Crippen molar-refractivity contribution in [2.24, 2.45) is 0 Å². The Morgan fingerprint density at radius 3 is 2.85 bits per heavy atom. The summed E-state index contributed by atoms with van der Waals surface area (Å²) in [6.07, 6.45) is 5.68. The van der Waals surface area contributed by atoms with Crippen molar-refractivity contribution < 1.29 is 14.6 Å². The Morgan fingerprint density at radius 2 is 2.15 bits per heavy atom. The Labute approximate surface area is 124 Å². The molecule has 0 bridgehead atoms. The third kappa shape index (κ3) is 3.93. The molecule has 0 aliphatic heterocycles. The van der Waals surface area contributed by atoms with E-state index in [9.17, 15) is 4.79 Å². The summed E-state index contributed by atoms with van der Waals surface area (Å²) in [7, 11) is 0. The average Bonchev–Trinajstić information content (AvgIpc) is 2.40. The molecule has 1 aromatic heterocycles. The van der Waals surface area contributed by atoms with E-state index in [1.807, 2.05) is 25.1 Å². The van der Waals surface area contributed by atoms with Crippen molar-refractivity contribution >= 4 is 28.0 Å². The fourth-order valence-corrected chi connectivity index (χ4v) is 2.08. The maximum absolute atomic E-state index is 10.5. The molecule has 0 saturated heterocycles. The number of benzene rings is 1. The van der Waals surface area contributed by atoms with Gasteiger partial charge in [0.1, 0.15) is 11.5 Å². The van der Waals surface area contributed by atoms with Gasteiger partial charge < -0.3 is 9.84 Å². The van der Waals surface area contributed by atoms with Gasteiger partial charge in [-0.2, -0.15) is 0 Å². The number of halogens is 1. The first-order valence-electron chi connectivity index (χ1n) is 5.84. The average molecular weight is 334 g/mol. The van der Waals surface area contributed by atoms with E-state index in [0.717, 1.165) is 21.9 Å². The van der Waals surface area contributed by atoms with Crippen LogP contribution in [0.5, 0.6) is 11.5 Å². The van der Waals surface area contributed by atoms with Crippen LogP contribution in [0.3, 0.4) is 0 Å². The van der Waals surface area contributed by atoms with E-state index in [1.165, 1.54) is 6.08 Å². The number of aliphatic carboxylic acids is 1. The lowest BCUT2D eigenvalue weighted by Crippen LogP contribution is -1.90. The molecule has 2 aromatic rings. The quantitative estimate of drug-likeness (QED) is 0.857. The van der Waals surface area contributed by atoms with Crippen molar-refractivity contribution in [3.63, 3.8) is 0 Å². The van der Waals surface area contributed by atoms with Crippen molar-refractivity contribution in [2.45, 2.75) is 6.92 Å².